The highest BCUT2D eigenvalue weighted by Gasteiger charge is 2.33. The van der Waals surface area contributed by atoms with Crippen LogP contribution in [0.5, 0.6) is 11.5 Å². The number of amidine groups is 1. The van der Waals surface area contributed by atoms with Gasteiger partial charge in [-0.3, -0.25) is 9.69 Å². The molecule has 1 fully saturated rings. The number of carbonyl (C=O) groups is 1. The highest BCUT2D eigenvalue weighted by Crippen LogP contribution is 2.32. The summed E-state index contributed by atoms with van der Waals surface area (Å²) in [6, 6.07) is 18.3. The first kappa shape index (κ1) is 22.2. The monoisotopic (exact) mass is 459 g/mol. The summed E-state index contributed by atoms with van der Waals surface area (Å²) in [4.78, 5) is 15.1. The Bertz CT molecular complexity index is 1230. The van der Waals surface area contributed by atoms with E-state index in [-0.39, 0.29) is 18.2 Å². The minimum atomic E-state index is -0.172. The van der Waals surface area contributed by atoms with E-state index in [0.717, 1.165) is 5.56 Å². The molecule has 0 spiro atoms. The molecule has 33 heavy (non-hydrogen) atoms. The number of ether oxygens (including phenoxy) is 1. The number of benzene rings is 2. The minimum absolute atomic E-state index is 0.0425. The molecule has 1 amide bonds. The third kappa shape index (κ3) is 5.61. The maximum absolute atomic E-state index is 13.0. The van der Waals surface area contributed by atoms with Crippen molar-refractivity contribution in [1.82, 2.24) is 4.90 Å². The van der Waals surface area contributed by atoms with Gasteiger partial charge in [0.2, 0.25) is 0 Å². The van der Waals surface area contributed by atoms with Crippen LogP contribution in [-0.4, -0.2) is 34.4 Å². The number of hydrogen-bond acceptors (Lipinski definition) is 7. The lowest BCUT2D eigenvalue weighted by molar-refractivity contribution is -0.122. The molecule has 0 unspecified atom stereocenters. The van der Waals surface area contributed by atoms with Crippen LogP contribution in [-0.2, 0) is 11.3 Å². The molecule has 0 radical (unpaired) electrons. The van der Waals surface area contributed by atoms with E-state index < -0.39 is 0 Å². The quantitative estimate of drug-likeness (QED) is 0.303. The van der Waals surface area contributed by atoms with Gasteiger partial charge in [0.1, 0.15) is 5.76 Å². The number of amides is 1. The molecule has 0 atom stereocenters. The summed E-state index contributed by atoms with van der Waals surface area (Å²) in [5.74, 6) is 0.854. The van der Waals surface area contributed by atoms with Crippen molar-refractivity contribution in [3.63, 3.8) is 0 Å². The van der Waals surface area contributed by atoms with Gasteiger partial charge in [0, 0.05) is 0 Å². The number of allylic oxidation sites excluding steroid dienone is 2. The van der Waals surface area contributed by atoms with Gasteiger partial charge in [-0.2, -0.15) is 5.10 Å². The van der Waals surface area contributed by atoms with E-state index in [1.807, 2.05) is 42.5 Å². The molecule has 2 heterocycles. The lowest BCUT2D eigenvalue weighted by atomic mass is 10.2. The van der Waals surface area contributed by atoms with Crippen molar-refractivity contribution in [3.05, 3.63) is 101 Å². The second kappa shape index (κ2) is 10.5. The average Bonchev–Trinajstić information content (AvgIpc) is 3.45. The number of methoxy groups -OCH3 is 1. The second-order valence-electron chi connectivity index (χ2n) is 6.93. The van der Waals surface area contributed by atoms with Gasteiger partial charge in [-0.15, -0.1) is 5.10 Å². The fourth-order valence-corrected chi connectivity index (χ4v) is 3.91. The van der Waals surface area contributed by atoms with Gasteiger partial charge in [0.05, 0.1) is 31.0 Å². The molecule has 1 aliphatic heterocycles. The first-order valence-electron chi connectivity index (χ1n) is 10.1. The van der Waals surface area contributed by atoms with Gasteiger partial charge in [0.25, 0.3) is 5.91 Å². The van der Waals surface area contributed by atoms with Crippen LogP contribution < -0.4 is 4.74 Å². The Labute approximate surface area is 195 Å². The molecular weight excluding hydrogens is 438 g/mol. The van der Waals surface area contributed by atoms with Crippen molar-refractivity contribution in [3.8, 4) is 11.5 Å². The minimum Gasteiger partial charge on any atom is -0.504 e. The topological polar surface area (TPSA) is 87.6 Å². The van der Waals surface area contributed by atoms with E-state index in [9.17, 15) is 9.90 Å². The van der Waals surface area contributed by atoms with Gasteiger partial charge in [-0.05, 0) is 59.3 Å². The third-order valence-corrected chi connectivity index (χ3v) is 5.69. The molecule has 4 rings (SSSR count). The Balaban J connectivity index is 1.56. The summed E-state index contributed by atoms with van der Waals surface area (Å²) >= 11 is 1.25. The summed E-state index contributed by atoms with van der Waals surface area (Å²) in [6.07, 6.45) is 8.64. The lowest BCUT2D eigenvalue weighted by Crippen LogP contribution is -2.28. The van der Waals surface area contributed by atoms with Gasteiger partial charge < -0.3 is 14.3 Å². The molecule has 1 N–H and O–H groups in total. The van der Waals surface area contributed by atoms with Crippen molar-refractivity contribution in [1.29, 1.82) is 0 Å². The molecule has 1 saturated heterocycles. The fraction of sp³-hybridized carbons (Fsp3) is 0.0800. The van der Waals surface area contributed by atoms with E-state index in [1.165, 1.54) is 36.1 Å². The van der Waals surface area contributed by atoms with Crippen LogP contribution >= 0.6 is 11.8 Å². The predicted octanol–water partition coefficient (Wildman–Crippen LogP) is 5.06. The van der Waals surface area contributed by atoms with E-state index >= 15 is 0 Å². The second-order valence-corrected chi connectivity index (χ2v) is 7.94. The maximum atomic E-state index is 13.0. The molecule has 7 nitrogen and oxygen atoms in total. The zero-order valence-corrected chi connectivity index (χ0v) is 18.6. The van der Waals surface area contributed by atoms with Crippen molar-refractivity contribution < 1.29 is 19.1 Å². The summed E-state index contributed by atoms with van der Waals surface area (Å²) in [5.41, 5.74) is 1.74. The number of phenolic OH excluding ortho intramolecular Hbond substituents is 1. The summed E-state index contributed by atoms with van der Waals surface area (Å²) in [5, 5.41) is 18.6. The lowest BCUT2D eigenvalue weighted by Gasteiger charge is -2.12. The standard InChI is InChI=1S/C25H21N3O4S/c1-31-22-15-19(12-13-21(22)29)16-26-27-25-28(17-20-10-6-14-32-20)24(30)23(33-25)11-5-9-18-7-3-2-4-8-18/h2-16,29H,17H2,1H3/b9-5+,23-11-,26-16-,27-25+. The van der Waals surface area contributed by atoms with Crippen molar-refractivity contribution in [2.75, 3.05) is 7.11 Å². The first-order valence-corrected chi connectivity index (χ1v) is 10.9. The van der Waals surface area contributed by atoms with Crippen molar-refractivity contribution in [2.45, 2.75) is 6.54 Å². The van der Waals surface area contributed by atoms with Crippen LogP contribution in [0.2, 0.25) is 0 Å². The molecule has 1 aromatic heterocycles. The number of furan rings is 1. The number of carbonyl (C=O) groups excluding carboxylic acids is 1. The number of nitrogens with zero attached hydrogens (tertiary/aromatic N) is 3. The molecular formula is C25H21N3O4S. The van der Waals surface area contributed by atoms with Gasteiger partial charge in [0.15, 0.2) is 16.7 Å². The number of rotatable bonds is 7. The Morgan fingerprint density at radius 3 is 2.73 bits per heavy atom. The van der Waals surface area contributed by atoms with E-state index in [1.54, 1.807) is 36.6 Å². The van der Waals surface area contributed by atoms with Crippen LogP contribution in [0, 0.1) is 0 Å². The Kier molecular flexibility index (Phi) is 7.06. The van der Waals surface area contributed by atoms with Crippen LogP contribution in [0.15, 0.2) is 98.6 Å². The highest BCUT2D eigenvalue weighted by atomic mass is 32.2. The number of hydrogen-bond donors (Lipinski definition) is 1. The Hall–Kier alpha value is -4.04. The fourth-order valence-electron chi connectivity index (χ4n) is 3.02. The SMILES string of the molecule is COc1cc(/C=N\N=C2\S/C(=C\C=C\c3ccccc3)C(=O)N2Cc2ccco2)ccc1O. The number of thioether (sulfide) groups is 1. The predicted molar refractivity (Wildman–Crippen MR) is 130 cm³/mol. The molecule has 2 aromatic carbocycles. The van der Waals surface area contributed by atoms with Crippen LogP contribution in [0.4, 0.5) is 0 Å². The zero-order valence-electron chi connectivity index (χ0n) is 17.8. The Morgan fingerprint density at radius 1 is 1.12 bits per heavy atom. The van der Waals surface area contributed by atoms with Gasteiger partial charge >= 0.3 is 0 Å². The summed E-state index contributed by atoms with van der Waals surface area (Å²) in [6.45, 7) is 0.250. The average molecular weight is 460 g/mol. The molecule has 0 bridgehead atoms. The third-order valence-electron chi connectivity index (χ3n) is 4.67. The zero-order chi connectivity index (χ0) is 23.0. The van der Waals surface area contributed by atoms with E-state index in [4.69, 9.17) is 9.15 Å². The molecule has 0 aliphatic carbocycles. The number of aromatic hydroxyl groups is 1. The molecule has 0 saturated carbocycles. The van der Waals surface area contributed by atoms with Crippen molar-refractivity contribution in [2.24, 2.45) is 10.2 Å². The van der Waals surface area contributed by atoms with E-state index in [0.29, 0.717) is 27.1 Å². The smallest absolute Gasteiger partial charge is 0.267 e. The van der Waals surface area contributed by atoms with Gasteiger partial charge in [-0.25, -0.2) is 0 Å². The van der Waals surface area contributed by atoms with Crippen LogP contribution in [0.3, 0.4) is 0 Å². The van der Waals surface area contributed by atoms with Gasteiger partial charge in [-0.1, -0.05) is 42.5 Å². The molecule has 1 aliphatic rings. The maximum Gasteiger partial charge on any atom is 0.267 e. The molecule has 166 valence electrons. The van der Waals surface area contributed by atoms with Crippen LogP contribution in [0.1, 0.15) is 16.9 Å². The highest BCUT2D eigenvalue weighted by molar-refractivity contribution is 8.18. The normalized spacial score (nSPS) is 16.6. The van der Waals surface area contributed by atoms with Crippen molar-refractivity contribution >= 4 is 35.1 Å². The first-order chi connectivity index (χ1) is 16.1. The summed E-state index contributed by atoms with van der Waals surface area (Å²) in [7, 11) is 1.48. The Morgan fingerprint density at radius 2 is 1.97 bits per heavy atom. The van der Waals surface area contributed by atoms with E-state index in [2.05, 4.69) is 10.2 Å². The largest absolute Gasteiger partial charge is 0.504 e. The molecule has 8 heteroatoms. The molecule has 3 aromatic rings. The summed E-state index contributed by atoms with van der Waals surface area (Å²) < 4.78 is 10.5. The number of phenols is 1. The van der Waals surface area contributed by atoms with Crippen LogP contribution in [0.25, 0.3) is 6.08 Å².